The summed E-state index contributed by atoms with van der Waals surface area (Å²) in [6.07, 6.45) is 4.67. The van der Waals surface area contributed by atoms with Crippen molar-refractivity contribution in [2.45, 2.75) is 70.9 Å². The van der Waals surface area contributed by atoms with Crippen LogP contribution in [0.1, 0.15) is 69.8 Å². The number of para-hydroxylation sites is 1. The lowest BCUT2D eigenvalue weighted by Crippen LogP contribution is -2.42. The molecule has 34 heavy (non-hydrogen) atoms. The molecular formula is C25H34FN3O5. The van der Waals surface area contributed by atoms with E-state index in [-0.39, 0.29) is 42.1 Å². The number of carboxylic acids is 1. The van der Waals surface area contributed by atoms with E-state index in [4.69, 9.17) is 4.74 Å². The van der Waals surface area contributed by atoms with E-state index in [2.05, 4.69) is 10.4 Å². The van der Waals surface area contributed by atoms with Gasteiger partial charge in [0.25, 0.3) is 5.91 Å². The number of hydrogen-bond acceptors (Lipinski definition) is 5. The SMILES string of the molecule is CC(C)[C@](C)(O)COc1cc(C(=O)NC(CC(=O)O)C2CCCCC2)nn1-c1ccccc1F. The number of carbonyl (C=O) groups is 2. The summed E-state index contributed by atoms with van der Waals surface area (Å²) >= 11 is 0. The predicted octanol–water partition coefficient (Wildman–Crippen LogP) is 3.95. The Labute approximate surface area is 199 Å². The highest BCUT2D eigenvalue weighted by atomic mass is 19.1. The first kappa shape index (κ1) is 25.7. The number of benzene rings is 1. The van der Waals surface area contributed by atoms with E-state index in [1.807, 2.05) is 13.8 Å². The van der Waals surface area contributed by atoms with Gasteiger partial charge in [-0.15, -0.1) is 0 Å². The van der Waals surface area contributed by atoms with E-state index >= 15 is 0 Å². The highest BCUT2D eigenvalue weighted by molar-refractivity contribution is 5.93. The van der Waals surface area contributed by atoms with Gasteiger partial charge in [0.15, 0.2) is 5.69 Å². The fourth-order valence-electron chi connectivity index (χ4n) is 4.06. The molecule has 1 heterocycles. The number of aromatic nitrogens is 2. The molecule has 0 spiro atoms. The van der Waals surface area contributed by atoms with Crippen LogP contribution in [0, 0.1) is 17.7 Å². The van der Waals surface area contributed by atoms with Gasteiger partial charge < -0.3 is 20.3 Å². The van der Waals surface area contributed by atoms with Gasteiger partial charge in [-0.25, -0.2) is 4.39 Å². The molecular weight excluding hydrogens is 441 g/mol. The van der Waals surface area contributed by atoms with Gasteiger partial charge in [-0.3, -0.25) is 9.59 Å². The normalized spacial score (nSPS) is 17.2. The maximum Gasteiger partial charge on any atom is 0.305 e. The Morgan fingerprint density at radius 1 is 1.26 bits per heavy atom. The topological polar surface area (TPSA) is 114 Å². The molecule has 1 aromatic carbocycles. The number of hydrogen-bond donors (Lipinski definition) is 3. The van der Waals surface area contributed by atoms with Crippen LogP contribution in [0.5, 0.6) is 5.88 Å². The van der Waals surface area contributed by atoms with Crippen LogP contribution in [0.4, 0.5) is 4.39 Å². The molecule has 8 nitrogen and oxygen atoms in total. The number of ether oxygens (including phenoxy) is 1. The first-order valence-corrected chi connectivity index (χ1v) is 11.8. The third-order valence-corrected chi connectivity index (χ3v) is 6.68. The van der Waals surface area contributed by atoms with Crippen molar-refractivity contribution < 1.29 is 28.9 Å². The van der Waals surface area contributed by atoms with Crippen molar-refractivity contribution in [3.63, 3.8) is 0 Å². The maximum absolute atomic E-state index is 14.5. The molecule has 0 bridgehead atoms. The zero-order chi connectivity index (χ0) is 24.9. The highest BCUT2D eigenvalue weighted by Crippen LogP contribution is 2.29. The highest BCUT2D eigenvalue weighted by Gasteiger charge is 2.30. The monoisotopic (exact) mass is 475 g/mol. The van der Waals surface area contributed by atoms with Gasteiger partial charge in [0.05, 0.1) is 12.0 Å². The molecule has 3 N–H and O–H groups in total. The van der Waals surface area contributed by atoms with Gasteiger partial charge in [-0.1, -0.05) is 45.2 Å². The molecule has 2 atom stereocenters. The zero-order valence-electron chi connectivity index (χ0n) is 20.0. The van der Waals surface area contributed by atoms with Crippen molar-refractivity contribution in [1.82, 2.24) is 15.1 Å². The minimum atomic E-state index is -1.15. The molecule has 2 aromatic rings. The van der Waals surface area contributed by atoms with Crippen molar-refractivity contribution in [1.29, 1.82) is 0 Å². The molecule has 1 fully saturated rings. The van der Waals surface area contributed by atoms with Crippen LogP contribution < -0.4 is 10.1 Å². The number of rotatable bonds is 10. The first-order chi connectivity index (χ1) is 16.1. The van der Waals surface area contributed by atoms with Gasteiger partial charge in [0.1, 0.15) is 18.1 Å². The fraction of sp³-hybridized carbons (Fsp3) is 0.560. The Hall–Kier alpha value is -2.94. The summed E-state index contributed by atoms with van der Waals surface area (Å²) in [5.41, 5.74) is -1.08. The van der Waals surface area contributed by atoms with Crippen molar-refractivity contribution in [3.8, 4) is 11.6 Å². The number of halogens is 1. The Morgan fingerprint density at radius 3 is 2.56 bits per heavy atom. The minimum absolute atomic E-state index is 0.0198. The molecule has 0 saturated heterocycles. The van der Waals surface area contributed by atoms with Gasteiger partial charge in [0.2, 0.25) is 5.88 Å². The molecule has 1 saturated carbocycles. The second-order valence-electron chi connectivity index (χ2n) is 9.61. The smallest absolute Gasteiger partial charge is 0.305 e. The molecule has 1 unspecified atom stereocenters. The quantitative estimate of drug-likeness (QED) is 0.480. The molecule has 1 aliphatic rings. The van der Waals surface area contributed by atoms with Crippen LogP contribution in [0.3, 0.4) is 0 Å². The van der Waals surface area contributed by atoms with E-state index in [0.717, 1.165) is 32.1 Å². The maximum atomic E-state index is 14.5. The van der Waals surface area contributed by atoms with E-state index in [0.29, 0.717) is 0 Å². The van der Waals surface area contributed by atoms with Crippen LogP contribution in [0.25, 0.3) is 5.69 Å². The molecule has 3 rings (SSSR count). The molecule has 0 radical (unpaired) electrons. The lowest BCUT2D eigenvalue weighted by molar-refractivity contribution is -0.137. The van der Waals surface area contributed by atoms with Crippen molar-refractivity contribution in [2.24, 2.45) is 11.8 Å². The van der Waals surface area contributed by atoms with Crippen LogP contribution in [0.15, 0.2) is 30.3 Å². The molecule has 186 valence electrons. The summed E-state index contributed by atoms with van der Waals surface area (Å²) < 4.78 is 21.5. The van der Waals surface area contributed by atoms with Crippen molar-refractivity contribution in [2.75, 3.05) is 6.61 Å². The Bertz CT molecular complexity index is 998. The third kappa shape index (κ3) is 6.34. The van der Waals surface area contributed by atoms with Crippen molar-refractivity contribution in [3.05, 3.63) is 41.8 Å². The van der Waals surface area contributed by atoms with E-state index < -0.39 is 29.3 Å². The molecule has 1 amide bonds. The number of nitrogens with zero attached hydrogens (tertiary/aromatic N) is 2. The van der Waals surface area contributed by atoms with E-state index in [1.54, 1.807) is 19.1 Å². The van der Waals surface area contributed by atoms with Crippen molar-refractivity contribution >= 4 is 11.9 Å². The first-order valence-electron chi connectivity index (χ1n) is 11.8. The van der Waals surface area contributed by atoms with E-state index in [9.17, 15) is 24.2 Å². The molecule has 1 aliphatic carbocycles. The number of aliphatic carboxylic acids is 1. The van der Waals surface area contributed by atoms with Gasteiger partial charge in [-0.05, 0) is 43.7 Å². The lowest BCUT2D eigenvalue weighted by Gasteiger charge is -2.29. The minimum Gasteiger partial charge on any atom is -0.481 e. The predicted molar refractivity (Wildman–Crippen MR) is 125 cm³/mol. The van der Waals surface area contributed by atoms with Gasteiger partial charge >= 0.3 is 5.97 Å². The Kier molecular flexibility index (Phi) is 8.30. The number of aliphatic hydroxyl groups is 1. The third-order valence-electron chi connectivity index (χ3n) is 6.68. The number of carboxylic acid groups (broad SMARTS) is 1. The summed E-state index contributed by atoms with van der Waals surface area (Å²) in [6.45, 7) is 5.25. The zero-order valence-corrected chi connectivity index (χ0v) is 20.0. The average Bonchev–Trinajstić information content (AvgIpc) is 3.22. The number of nitrogens with one attached hydrogen (secondary N) is 1. The second-order valence-corrected chi connectivity index (χ2v) is 9.61. The summed E-state index contributed by atoms with van der Waals surface area (Å²) in [4.78, 5) is 24.5. The van der Waals surface area contributed by atoms with Crippen LogP contribution >= 0.6 is 0 Å². The van der Waals surface area contributed by atoms with Gasteiger partial charge in [0, 0.05) is 12.1 Å². The van der Waals surface area contributed by atoms with Gasteiger partial charge in [-0.2, -0.15) is 9.78 Å². The van der Waals surface area contributed by atoms with Crippen LogP contribution in [-0.4, -0.2) is 50.1 Å². The second kappa shape index (κ2) is 11.0. The van der Waals surface area contributed by atoms with Crippen LogP contribution in [0.2, 0.25) is 0 Å². The summed E-state index contributed by atoms with van der Waals surface area (Å²) in [6, 6.07) is 6.83. The number of carbonyl (C=O) groups excluding carboxylic acids is 1. The summed E-state index contributed by atoms with van der Waals surface area (Å²) in [5, 5.41) is 27.0. The average molecular weight is 476 g/mol. The molecule has 0 aliphatic heterocycles. The standard InChI is InChI=1S/C25H34FN3O5/c1-16(2)25(3,33)15-34-22-13-20(28-29(22)21-12-8-7-11-18(21)26)24(32)27-19(14-23(30)31)17-9-5-4-6-10-17/h7-8,11-13,16-17,19,33H,4-6,9-10,14-15H2,1-3H3,(H,27,32)(H,30,31)/t19?,25-/m1/s1. The lowest BCUT2D eigenvalue weighted by atomic mass is 9.82. The fourth-order valence-corrected chi connectivity index (χ4v) is 4.06. The van der Waals surface area contributed by atoms with E-state index in [1.165, 1.54) is 22.9 Å². The summed E-state index contributed by atoms with van der Waals surface area (Å²) in [5.74, 6) is -2.00. The Morgan fingerprint density at radius 2 is 1.94 bits per heavy atom. The molecule has 1 aromatic heterocycles. The van der Waals surface area contributed by atoms with Crippen LogP contribution in [-0.2, 0) is 4.79 Å². The summed E-state index contributed by atoms with van der Waals surface area (Å²) in [7, 11) is 0. The Balaban J connectivity index is 1.88. The largest absolute Gasteiger partial charge is 0.481 e. The number of amides is 1. The molecule has 9 heteroatoms.